The fourth-order valence-corrected chi connectivity index (χ4v) is 4.40. The molecule has 106 valence electrons. The number of hydrogen-bond donors (Lipinski definition) is 1. The molecule has 0 radical (unpaired) electrons. The van der Waals surface area contributed by atoms with Gasteiger partial charge in [-0.15, -0.1) is 0 Å². The van der Waals surface area contributed by atoms with Gasteiger partial charge < -0.3 is 10.5 Å². The Kier molecular flexibility index (Phi) is 4.23. The first kappa shape index (κ1) is 14.4. The van der Waals surface area contributed by atoms with Crippen LogP contribution in [0.1, 0.15) is 24.5 Å². The van der Waals surface area contributed by atoms with Crippen LogP contribution in [0.15, 0.2) is 18.2 Å². The van der Waals surface area contributed by atoms with Crippen LogP contribution in [-0.4, -0.2) is 26.4 Å². The van der Waals surface area contributed by atoms with Crippen LogP contribution in [0.2, 0.25) is 0 Å². The number of benzene rings is 1. The molecule has 1 fully saturated rings. The summed E-state index contributed by atoms with van der Waals surface area (Å²) in [5.41, 5.74) is 5.94. The SMILES string of the molecule is CC1OCCC1S(=O)(=O)Cc1cccc(CN)c1F. The van der Waals surface area contributed by atoms with Crippen molar-refractivity contribution in [2.24, 2.45) is 5.73 Å². The van der Waals surface area contributed by atoms with E-state index in [4.69, 9.17) is 10.5 Å². The maximum atomic E-state index is 14.0. The average molecular weight is 287 g/mol. The molecule has 1 aliphatic heterocycles. The third kappa shape index (κ3) is 2.96. The number of ether oxygens (including phenoxy) is 1. The van der Waals surface area contributed by atoms with E-state index in [1.807, 2.05) is 0 Å². The molecule has 0 aliphatic carbocycles. The van der Waals surface area contributed by atoms with E-state index in [1.165, 1.54) is 6.07 Å². The second-order valence-electron chi connectivity index (χ2n) is 4.80. The molecule has 2 N–H and O–H groups in total. The van der Waals surface area contributed by atoms with Crippen molar-refractivity contribution in [1.29, 1.82) is 0 Å². The summed E-state index contributed by atoms with van der Waals surface area (Å²) in [5, 5.41) is -0.548. The molecule has 0 amide bonds. The van der Waals surface area contributed by atoms with Crippen molar-refractivity contribution >= 4 is 9.84 Å². The first-order chi connectivity index (χ1) is 8.95. The van der Waals surface area contributed by atoms with Crippen molar-refractivity contribution in [3.63, 3.8) is 0 Å². The molecule has 2 unspecified atom stereocenters. The summed E-state index contributed by atoms with van der Waals surface area (Å²) in [4.78, 5) is 0. The van der Waals surface area contributed by atoms with Gasteiger partial charge in [0.2, 0.25) is 0 Å². The monoisotopic (exact) mass is 287 g/mol. The fraction of sp³-hybridized carbons (Fsp3) is 0.538. The third-order valence-electron chi connectivity index (χ3n) is 3.50. The predicted molar refractivity (Wildman–Crippen MR) is 70.7 cm³/mol. The van der Waals surface area contributed by atoms with E-state index in [-0.39, 0.29) is 24.0 Å². The van der Waals surface area contributed by atoms with E-state index in [1.54, 1.807) is 19.1 Å². The summed E-state index contributed by atoms with van der Waals surface area (Å²) in [6.07, 6.45) is 0.146. The lowest BCUT2D eigenvalue weighted by Crippen LogP contribution is -2.29. The van der Waals surface area contributed by atoms with Gasteiger partial charge in [-0.25, -0.2) is 12.8 Å². The highest BCUT2D eigenvalue weighted by molar-refractivity contribution is 7.91. The van der Waals surface area contributed by atoms with Crippen molar-refractivity contribution < 1.29 is 17.5 Å². The van der Waals surface area contributed by atoms with Gasteiger partial charge in [-0.2, -0.15) is 0 Å². The normalized spacial score (nSPS) is 23.7. The lowest BCUT2D eigenvalue weighted by Gasteiger charge is -2.15. The van der Waals surface area contributed by atoms with Crippen LogP contribution in [0.5, 0.6) is 0 Å². The smallest absolute Gasteiger partial charge is 0.160 e. The molecule has 1 heterocycles. The van der Waals surface area contributed by atoms with Crippen molar-refractivity contribution in [1.82, 2.24) is 0 Å². The van der Waals surface area contributed by atoms with Gasteiger partial charge in [0, 0.05) is 24.3 Å². The third-order valence-corrected chi connectivity index (χ3v) is 5.76. The van der Waals surface area contributed by atoms with Crippen LogP contribution in [0.3, 0.4) is 0 Å². The quantitative estimate of drug-likeness (QED) is 0.908. The zero-order valence-corrected chi connectivity index (χ0v) is 11.6. The zero-order chi connectivity index (χ0) is 14.0. The van der Waals surface area contributed by atoms with E-state index in [2.05, 4.69) is 0 Å². The van der Waals surface area contributed by atoms with Crippen LogP contribution in [0, 0.1) is 5.82 Å². The average Bonchev–Trinajstić information content (AvgIpc) is 2.79. The second kappa shape index (κ2) is 5.56. The van der Waals surface area contributed by atoms with Crippen molar-refractivity contribution in [2.45, 2.75) is 37.0 Å². The number of nitrogens with two attached hydrogens (primary N) is 1. The van der Waals surface area contributed by atoms with Crippen LogP contribution >= 0.6 is 0 Å². The Morgan fingerprint density at radius 2 is 2.11 bits per heavy atom. The molecule has 0 saturated carbocycles. The summed E-state index contributed by atoms with van der Waals surface area (Å²) in [5.74, 6) is -0.814. The molecule has 1 aliphatic rings. The zero-order valence-electron chi connectivity index (χ0n) is 10.8. The summed E-state index contributed by atoms with van der Waals surface area (Å²) < 4.78 is 43.9. The van der Waals surface area contributed by atoms with Crippen molar-refractivity contribution in [3.8, 4) is 0 Å². The summed E-state index contributed by atoms with van der Waals surface area (Å²) in [6, 6.07) is 4.68. The second-order valence-corrected chi connectivity index (χ2v) is 7.02. The minimum atomic E-state index is -3.42. The lowest BCUT2D eigenvalue weighted by atomic mass is 10.1. The van der Waals surface area contributed by atoms with Gasteiger partial charge >= 0.3 is 0 Å². The molecule has 1 aromatic carbocycles. The lowest BCUT2D eigenvalue weighted by molar-refractivity contribution is 0.126. The maximum absolute atomic E-state index is 14.0. The molecule has 4 nitrogen and oxygen atoms in total. The number of halogens is 1. The highest BCUT2D eigenvalue weighted by Crippen LogP contribution is 2.25. The molecule has 2 rings (SSSR count). The first-order valence-electron chi connectivity index (χ1n) is 6.25. The Morgan fingerprint density at radius 3 is 2.68 bits per heavy atom. The van der Waals surface area contributed by atoms with Crippen LogP contribution < -0.4 is 5.73 Å². The van der Waals surface area contributed by atoms with Crippen molar-refractivity contribution in [3.05, 3.63) is 35.1 Å². The minimum absolute atomic E-state index is 0.0582. The number of sulfone groups is 1. The van der Waals surface area contributed by atoms with E-state index in [9.17, 15) is 12.8 Å². The van der Waals surface area contributed by atoms with Gasteiger partial charge in [0.25, 0.3) is 0 Å². The Hall–Kier alpha value is -0.980. The van der Waals surface area contributed by atoms with E-state index in [0.717, 1.165) is 0 Å². The van der Waals surface area contributed by atoms with Gasteiger partial charge in [0.1, 0.15) is 5.82 Å². The summed E-state index contributed by atoms with van der Waals surface area (Å²) in [6.45, 7) is 2.24. The molecular weight excluding hydrogens is 269 g/mol. The standard InChI is InChI=1S/C13H18FNO3S/c1-9-12(5-6-18-9)19(16,17)8-11-4-2-3-10(7-15)13(11)14/h2-4,9,12H,5-8,15H2,1H3. The van der Waals surface area contributed by atoms with Crippen LogP contribution in [0.25, 0.3) is 0 Å². The van der Waals surface area contributed by atoms with Gasteiger partial charge in [-0.05, 0) is 13.3 Å². The van der Waals surface area contributed by atoms with E-state index < -0.39 is 20.9 Å². The first-order valence-corrected chi connectivity index (χ1v) is 7.96. The summed E-state index contributed by atoms with van der Waals surface area (Å²) >= 11 is 0. The predicted octanol–water partition coefficient (Wildman–Crippen LogP) is 1.38. The summed E-state index contributed by atoms with van der Waals surface area (Å²) in [7, 11) is -3.42. The fourth-order valence-electron chi connectivity index (χ4n) is 2.41. The van der Waals surface area contributed by atoms with E-state index in [0.29, 0.717) is 18.6 Å². The van der Waals surface area contributed by atoms with Gasteiger partial charge in [0.05, 0.1) is 17.1 Å². The number of rotatable bonds is 4. The van der Waals surface area contributed by atoms with Gasteiger partial charge in [-0.3, -0.25) is 0 Å². The highest BCUT2D eigenvalue weighted by Gasteiger charge is 2.36. The molecule has 6 heteroatoms. The minimum Gasteiger partial charge on any atom is -0.377 e. The molecular formula is C13H18FNO3S. The van der Waals surface area contributed by atoms with Crippen LogP contribution in [0.4, 0.5) is 4.39 Å². The molecule has 19 heavy (non-hydrogen) atoms. The number of hydrogen-bond acceptors (Lipinski definition) is 4. The molecule has 1 saturated heterocycles. The Labute approximate surface area is 112 Å². The topological polar surface area (TPSA) is 69.4 Å². The van der Waals surface area contributed by atoms with Crippen molar-refractivity contribution in [2.75, 3.05) is 6.61 Å². The van der Waals surface area contributed by atoms with Gasteiger partial charge in [-0.1, -0.05) is 18.2 Å². The Balaban J connectivity index is 2.25. The highest BCUT2D eigenvalue weighted by atomic mass is 32.2. The molecule has 0 spiro atoms. The molecule has 0 aromatic heterocycles. The Morgan fingerprint density at radius 1 is 1.42 bits per heavy atom. The molecule has 0 bridgehead atoms. The molecule has 2 atom stereocenters. The Bertz CT molecular complexity index is 559. The largest absolute Gasteiger partial charge is 0.377 e. The van der Waals surface area contributed by atoms with Gasteiger partial charge in [0.15, 0.2) is 9.84 Å². The van der Waals surface area contributed by atoms with Crippen LogP contribution in [-0.2, 0) is 26.9 Å². The molecule has 1 aromatic rings. The maximum Gasteiger partial charge on any atom is 0.160 e. The van der Waals surface area contributed by atoms with E-state index >= 15 is 0 Å².